The summed E-state index contributed by atoms with van der Waals surface area (Å²) in [5.41, 5.74) is 0.104. The van der Waals surface area contributed by atoms with Crippen molar-refractivity contribution in [3.63, 3.8) is 0 Å². The number of phenols is 1. The Balaban J connectivity index is 2.26. The van der Waals surface area contributed by atoms with Gasteiger partial charge < -0.3 is 5.11 Å². The molecule has 14 heavy (non-hydrogen) atoms. The first-order chi connectivity index (χ1) is 6.68. The molecule has 3 heteroatoms. The molecule has 0 atom stereocenters. The predicted octanol–water partition coefficient (Wildman–Crippen LogP) is 2.51. The molecule has 1 aliphatic rings. The van der Waals surface area contributed by atoms with Crippen LogP contribution in [0.25, 0.3) is 0 Å². The monoisotopic (exact) mass is 194 g/mol. The zero-order chi connectivity index (χ0) is 10.1. The summed E-state index contributed by atoms with van der Waals surface area (Å²) >= 11 is 0. The fourth-order valence-electron chi connectivity index (χ4n) is 1.59. The first-order valence-corrected chi connectivity index (χ1v) is 4.71. The second-order valence-corrected chi connectivity index (χ2v) is 3.66. The number of benzene rings is 1. The number of hydrogen-bond donors (Lipinski definition) is 1. The number of aromatic hydroxyl groups is 1. The van der Waals surface area contributed by atoms with Crippen molar-refractivity contribution in [2.45, 2.75) is 19.3 Å². The average Bonchev–Trinajstić information content (AvgIpc) is 2.00. The Morgan fingerprint density at radius 1 is 1.43 bits per heavy atom. The number of carbonyl (C=O) groups is 1. The minimum atomic E-state index is -0.623. The lowest BCUT2D eigenvalue weighted by molar-refractivity contribution is 0.0851. The first kappa shape index (κ1) is 9.19. The van der Waals surface area contributed by atoms with Crippen LogP contribution in [0.3, 0.4) is 0 Å². The maximum absolute atomic E-state index is 13.2. The molecule has 1 aromatic carbocycles. The largest absolute Gasteiger partial charge is 0.508 e. The standard InChI is InChI=1S/C11H11FO2/c12-10-6-8(13)4-5-9(10)11(14)7-2-1-3-7/h4-7,13H,1-3H2. The Morgan fingerprint density at radius 2 is 2.14 bits per heavy atom. The van der Waals surface area contributed by atoms with E-state index in [2.05, 4.69) is 0 Å². The Morgan fingerprint density at radius 3 is 2.64 bits per heavy atom. The molecule has 0 unspecified atom stereocenters. The van der Waals surface area contributed by atoms with Crippen molar-refractivity contribution in [1.82, 2.24) is 0 Å². The highest BCUT2D eigenvalue weighted by Gasteiger charge is 2.27. The maximum atomic E-state index is 13.2. The van der Waals surface area contributed by atoms with Gasteiger partial charge >= 0.3 is 0 Å². The van der Waals surface area contributed by atoms with E-state index in [0.717, 1.165) is 25.3 Å². The summed E-state index contributed by atoms with van der Waals surface area (Å²) < 4.78 is 13.2. The topological polar surface area (TPSA) is 37.3 Å². The fourth-order valence-corrected chi connectivity index (χ4v) is 1.59. The van der Waals surface area contributed by atoms with Crippen molar-refractivity contribution in [3.05, 3.63) is 29.6 Å². The van der Waals surface area contributed by atoms with Gasteiger partial charge in [0.25, 0.3) is 0 Å². The van der Waals surface area contributed by atoms with Crippen LogP contribution in [0.15, 0.2) is 18.2 Å². The molecule has 0 aliphatic heterocycles. The number of carbonyl (C=O) groups excluding carboxylic acids is 1. The van der Waals surface area contributed by atoms with E-state index in [9.17, 15) is 9.18 Å². The molecular weight excluding hydrogens is 183 g/mol. The molecule has 1 aliphatic carbocycles. The van der Waals surface area contributed by atoms with Crippen LogP contribution in [0.5, 0.6) is 5.75 Å². The zero-order valence-electron chi connectivity index (χ0n) is 7.66. The van der Waals surface area contributed by atoms with E-state index in [1.807, 2.05) is 0 Å². The minimum Gasteiger partial charge on any atom is -0.508 e. The molecule has 1 fully saturated rings. The normalized spacial score (nSPS) is 16.4. The number of halogens is 1. The number of Topliss-reactive ketones (excluding diaryl/α,β-unsaturated/α-hetero) is 1. The summed E-state index contributed by atoms with van der Waals surface area (Å²) in [6, 6.07) is 3.67. The lowest BCUT2D eigenvalue weighted by Crippen LogP contribution is -2.22. The first-order valence-electron chi connectivity index (χ1n) is 4.71. The molecule has 1 N–H and O–H groups in total. The maximum Gasteiger partial charge on any atom is 0.168 e. The molecular formula is C11H11FO2. The number of phenolic OH excluding ortho intramolecular Hbond substituents is 1. The molecule has 0 radical (unpaired) electrons. The highest BCUT2D eigenvalue weighted by molar-refractivity contribution is 5.98. The zero-order valence-corrected chi connectivity index (χ0v) is 7.66. The Bertz CT molecular complexity index is 370. The summed E-state index contributed by atoms with van der Waals surface area (Å²) in [5.74, 6) is -0.905. The molecule has 0 aromatic heterocycles. The van der Waals surface area contributed by atoms with Crippen molar-refractivity contribution >= 4 is 5.78 Å². The Labute approximate surface area is 81.4 Å². The van der Waals surface area contributed by atoms with E-state index in [4.69, 9.17) is 5.11 Å². The molecule has 0 spiro atoms. The van der Waals surface area contributed by atoms with E-state index < -0.39 is 5.82 Å². The SMILES string of the molecule is O=C(c1ccc(O)cc1F)C1CCC1. The quantitative estimate of drug-likeness (QED) is 0.734. The number of hydrogen-bond acceptors (Lipinski definition) is 2. The van der Waals surface area contributed by atoms with E-state index in [-0.39, 0.29) is 23.0 Å². The summed E-state index contributed by atoms with van der Waals surface area (Å²) in [4.78, 5) is 11.6. The van der Waals surface area contributed by atoms with Gasteiger partial charge in [-0.15, -0.1) is 0 Å². The van der Waals surface area contributed by atoms with Crippen LogP contribution >= 0.6 is 0 Å². The third kappa shape index (κ3) is 1.50. The molecule has 74 valence electrons. The van der Waals surface area contributed by atoms with Crippen molar-refractivity contribution < 1.29 is 14.3 Å². The van der Waals surface area contributed by atoms with Gasteiger partial charge in [0, 0.05) is 12.0 Å². The van der Waals surface area contributed by atoms with Gasteiger partial charge in [0.2, 0.25) is 0 Å². The molecule has 2 nitrogen and oxygen atoms in total. The van der Waals surface area contributed by atoms with Crippen molar-refractivity contribution in [3.8, 4) is 5.75 Å². The molecule has 0 saturated heterocycles. The van der Waals surface area contributed by atoms with Crippen molar-refractivity contribution in [1.29, 1.82) is 0 Å². The smallest absolute Gasteiger partial charge is 0.168 e. The van der Waals surface area contributed by atoms with Gasteiger partial charge in [-0.2, -0.15) is 0 Å². The van der Waals surface area contributed by atoms with Gasteiger partial charge in [-0.25, -0.2) is 4.39 Å². The lowest BCUT2D eigenvalue weighted by atomic mass is 9.80. The van der Waals surface area contributed by atoms with E-state index in [1.165, 1.54) is 12.1 Å². The lowest BCUT2D eigenvalue weighted by Gasteiger charge is -2.23. The third-order valence-corrected chi connectivity index (χ3v) is 2.69. The third-order valence-electron chi connectivity index (χ3n) is 2.69. The van der Waals surface area contributed by atoms with Crippen LogP contribution in [-0.4, -0.2) is 10.9 Å². The number of rotatable bonds is 2. The van der Waals surface area contributed by atoms with Crippen LogP contribution in [0.4, 0.5) is 4.39 Å². The van der Waals surface area contributed by atoms with Crippen LogP contribution < -0.4 is 0 Å². The molecule has 0 amide bonds. The second kappa shape index (κ2) is 3.40. The minimum absolute atomic E-state index is 0.00552. The van der Waals surface area contributed by atoms with Crippen molar-refractivity contribution in [2.75, 3.05) is 0 Å². The van der Waals surface area contributed by atoms with Gasteiger partial charge in [-0.3, -0.25) is 4.79 Å². The summed E-state index contributed by atoms with van der Waals surface area (Å²) in [5, 5.41) is 8.98. The fraction of sp³-hybridized carbons (Fsp3) is 0.364. The Kier molecular flexibility index (Phi) is 2.23. The Hall–Kier alpha value is -1.38. The van der Waals surface area contributed by atoms with Gasteiger partial charge in [0.05, 0.1) is 5.56 Å². The highest BCUT2D eigenvalue weighted by atomic mass is 19.1. The van der Waals surface area contributed by atoms with Gasteiger partial charge in [-0.1, -0.05) is 6.42 Å². The van der Waals surface area contributed by atoms with Crippen LogP contribution in [0, 0.1) is 11.7 Å². The van der Waals surface area contributed by atoms with Gasteiger partial charge in [-0.05, 0) is 25.0 Å². The van der Waals surface area contributed by atoms with Crippen LogP contribution in [0.2, 0.25) is 0 Å². The summed E-state index contributed by atoms with van der Waals surface area (Å²) in [6.45, 7) is 0. The summed E-state index contributed by atoms with van der Waals surface area (Å²) in [7, 11) is 0. The molecule has 0 bridgehead atoms. The molecule has 2 rings (SSSR count). The highest BCUT2D eigenvalue weighted by Crippen LogP contribution is 2.31. The van der Waals surface area contributed by atoms with E-state index in [0.29, 0.717) is 0 Å². The molecule has 0 heterocycles. The number of ketones is 1. The van der Waals surface area contributed by atoms with Gasteiger partial charge in [0.1, 0.15) is 11.6 Å². The summed E-state index contributed by atoms with van der Waals surface area (Å²) in [6.07, 6.45) is 2.77. The molecule has 1 aromatic rings. The second-order valence-electron chi connectivity index (χ2n) is 3.66. The molecule has 1 saturated carbocycles. The predicted molar refractivity (Wildman–Crippen MR) is 49.7 cm³/mol. The van der Waals surface area contributed by atoms with E-state index >= 15 is 0 Å². The van der Waals surface area contributed by atoms with Crippen molar-refractivity contribution in [2.24, 2.45) is 5.92 Å². The van der Waals surface area contributed by atoms with E-state index in [1.54, 1.807) is 0 Å². The van der Waals surface area contributed by atoms with Crippen LogP contribution in [0.1, 0.15) is 29.6 Å². The average molecular weight is 194 g/mol. The van der Waals surface area contributed by atoms with Crippen LogP contribution in [-0.2, 0) is 0 Å². The van der Waals surface area contributed by atoms with Gasteiger partial charge in [0.15, 0.2) is 5.78 Å².